The summed E-state index contributed by atoms with van der Waals surface area (Å²) in [5.41, 5.74) is 3.53. The van der Waals surface area contributed by atoms with Gasteiger partial charge in [-0.05, 0) is 44.5 Å². The summed E-state index contributed by atoms with van der Waals surface area (Å²) >= 11 is 0. The molecule has 4 rings (SSSR count). The van der Waals surface area contributed by atoms with E-state index in [1.165, 1.54) is 12.3 Å². The van der Waals surface area contributed by atoms with E-state index in [1.54, 1.807) is 23.9 Å². The lowest BCUT2D eigenvalue weighted by molar-refractivity contribution is 0.102. The number of fused-ring (bicyclic) bond motifs is 1. The lowest BCUT2D eigenvalue weighted by atomic mass is 10.1. The number of pyridine rings is 1. The number of hydrogen-bond acceptors (Lipinski definition) is 6. The van der Waals surface area contributed by atoms with E-state index in [2.05, 4.69) is 30.7 Å². The third-order valence-electron chi connectivity index (χ3n) is 4.89. The van der Waals surface area contributed by atoms with Gasteiger partial charge in [-0.2, -0.15) is 9.49 Å². The molecule has 0 fully saturated rings. The summed E-state index contributed by atoms with van der Waals surface area (Å²) in [5.74, 6) is -0.318. The number of hydrogen-bond donors (Lipinski definition) is 2. The number of benzene rings is 1. The highest BCUT2D eigenvalue weighted by molar-refractivity contribution is 6.04. The van der Waals surface area contributed by atoms with Crippen LogP contribution in [-0.4, -0.2) is 30.6 Å². The van der Waals surface area contributed by atoms with Gasteiger partial charge in [-0.15, -0.1) is 0 Å². The molecule has 0 saturated heterocycles. The molecule has 9 heteroatoms. The molecule has 0 saturated carbocycles. The van der Waals surface area contributed by atoms with Crippen LogP contribution in [-0.2, 0) is 6.54 Å². The van der Waals surface area contributed by atoms with Gasteiger partial charge in [0.25, 0.3) is 5.91 Å². The van der Waals surface area contributed by atoms with Crippen LogP contribution in [0.1, 0.15) is 41.4 Å². The normalized spacial score (nSPS) is 12.0. The molecule has 0 bridgehead atoms. The Balaban J connectivity index is 1.48. The first-order chi connectivity index (χ1) is 14.9. The predicted octanol–water partition coefficient (Wildman–Crippen LogP) is 4.11. The third-order valence-corrected chi connectivity index (χ3v) is 4.89. The summed E-state index contributed by atoms with van der Waals surface area (Å²) in [6.07, 6.45) is 4.76. The average Bonchev–Trinajstić information content (AvgIpc) is 3.18. The molecule has 31 heavy (non-hydrogen) atoms. The summed E-state index contributed by atoms with van der Waals surface area (Å²) < 4.78 is 15.1. The third kappa shape index (κ3) is 4.50. The second-order valence-electron chi connectivity index (χ2n) is 7.23. The van der Waals surface area contributed by atoms with E-state index >= 15 is 0 Å². The van der Waals surface area contributed by atoms with Crippen molar-refractivity contribution in [3.63, 3.8) is 0 Å². The molecule has 0 aliphatic carbocycles. The highest BCUT2D eigenvalue weighted by atomic mass is 19.1. The van der Waals surface area contributed by atoms with Gasteiger partial charge in [0, 0.05) is 24.0 Å². The minimum absolute atomic E-state index is 0.0911. The molecule has 1 amide bonds. The number of nitrogens with zero attached hydrogens (tertiary/aromatic N) is 5. The van der Waals surface area contributed by atoms with Crippen molar-refractivity contribution in [3.8, 4) is 0 Å². The van der Waals surface area contributed by atoms with Crippen molar-refractivity contribution in [2.75, 3.05) is 10.6 Å². The van der Waals surface area contributed by atoms with Gasteiger partial charge in [0.15, 0.2) is 0 Å². The van der Waals surface area contributed by atoms with Gasteiger partial charge in [0.05, 0.1) is 24.0 Å². The molecule has 1 aromatic carbocycles. The number of nitrogens with one attached hydrogen (secondary N) is 2. The van der Waals surface area contributed by atoms with Crippen molar-refractivity contribution in [2.45, 2.75) is 33.4 Å². The fourth-order valence-electron chi connectivity index (χ4n) is 3.15. The van der Waals surface area contributed by atoms with Crippen LogP contribution < -0.4 is 10.6 Å². The average molecular weight is 419 g/mol. The van der Waals surface area contributed by atoms with E-state index in [4.69, 9.17) is 0 Å². The summed E-state index contributed by atoms with van der Waals surface area (Å²) in [6.45, 7) is 6.32. The Labute approximate surface area is 178 Å². The largest absolute Gasteiger partial charge is 0.362 e. The van der Waals surface area contributed by atoms with Gasteiger partial charge < -0.3 is 10.6 Å². The van der Waals surface area contributed by atoms with Crippen LogP contribution in [0.5, 0.6) is 0 Å². The molecular formula is C22H22FN7O. The zero-order valence-corrected chi connectivity index (χ0v) is 17.4. The molecule has 0 spiro atoms. The maximum Gasteiger partial charge on any atom is 0.257 e. The Hall–Kier alpha value is -3.88. The highest BCUT2D eigenvalue weighted by Gasteiger charge is 2.12. The van der Waals surface area contributed by atoms with Gasteiger partial charge in [-0.1, -0.05) is 12.1 Å². The van der Waals surface area contributed by atoms with E-state index < -0.39 is 5.95 Å². The first kappa shape index (κ1) is 20.4. The number of aryl methyl sites for hydroxylation is 2. The Kier molecular flexibility index (Phi) is 5.57. The molecule has 1 atom stereocenters. The quantitative estimate of drug-likeness (QED) is 0.457. The zero-order chi connectivity index (χ0) is 22.0. The Morgan fingerprint density at radius 3 is 2.84 bits per heavy atom. The molecule has 0 radical (unpaired) electrons. The molecule has 4 aromatic rings. The molecule has 0 aliphatic heterocycles. The van der Waals surface area contributed by atoms with Crippen LogP contribution in [0.2, 0.25) is 0 Å². The summed E-state index contributed by atoms with van der Waals surface area (Å²) in [4.78, 5) is 25.0. The second kappa shape index (κ2) is 8.47. The minimum Gasteiger partial charge on any atom is -0.362 e. The van der Waals surface area contributed by atoms with Crippen molar-refractivity contribution >= 4 is 28.6 Å². The minimum atomic E-state index is -0.582. The Morgan fingerprint density at radius 2 is 2.06 bits per heavy atom. The highest BCUT2D eigenvalue weighted by Crippen LogP contribution is 2.22. The number of anilines is 2. The van der Waals surface area contributed by atoms with Crippen LogP contribution in [0.25, 0.3) is 11.2 Å². The first-order valence-corrected chi connectivity index (χ1v) is 9.93. The fraction of sp³-hybridized carbons (Fsp3) is 0.227. The lowest BCUT2D eigenvalue weighted by Gasteiger charge is -2.16. The molecular weight excluding hydrogens is 397 g/mol. The van der Waals surface area contributed by atoms with E-state index in [-0.39, 0.29) is 11.9 Å². The first-order valence-electron chi connectivity index (χ1n) is 9.93. The smallest absolute Gasteiger partial charge is 0.257 e. The van der Waals surface area contributed by atoms with Gasteiger partial charge >= 0.3 is 0 Å². The maximum absolute atomic E-state index is 13.4. The van der Waals surface area contributed by atoms with E-state index in [0.29, 0.717) is 28.3 Å². The van der Waals surface area contributed by atoms with Crippen LogP contribution in [0.3, 0.4) is 0 Å². The van der Waals surface area contributed by atoms with Gasteiger partial charge in [0.2, 0.25) is 11.6 Å². The van der Waals surface area contributed by atoms with Crippen molar-refractivity contribution < 1.29 is 9.18 Å². The molecule has 2 N–H and O–H groups in total. The van der Waals surface area contributed by atoms with Gasteiger partial charge in [-0.25, -0.2) is 15.0 Å². The topological polar surface area (TPSA) is 97.6 Å². The molecule has 0 unspecified atom stereocenters. The number of carbonyl (C=O) groups excluding carboxylic acids is 1. The Bertz CT molecular complexity index is 1250. The Morgan fingerprint density at radius 1 is 1.23 bits per heavy atom. The number of amides is 1. The number of carbonyl (C=O) groups is 1. The van der Waals surface area contributed by atoms with E-state index in [1.807, 2.05) is 38.2 Å². The molecule has 3 aromatic heterocycles. The monoisotopic (exact) mass is 419 g/mol. The standard InChI is InChI=1S/C22H22FN7O/c1-4-30-12-18-21(29-30)28-19(11-24-18)26-14(3)15-6-5-7-17(9-15)27-22(31)16-8-13(2)20(23)25-10-16/h5-12,14H,4H2,1-3H3,(H,27,31)(H,26,28,29)/t14-/m0/s1. The lowest BCUT2D eigenvalue weighted by Crippen LogP contribution is -2.14. The van der Waals surface area contributed by atoms with Crippen LogP contribution in [0.15, 0.2) is 48.9 Å². The molecule has 158 valence electrons. The van der Waals surface area contributed by atoms with Crippen molar-refractivity contribution in [1.82, 2.24) is 24.7 Å². The summed E-state index contributed by atoms with van der Waals surface area (Å²) in [7, 11) is 0. The number of halogens is 1. The summed E-state index contributed by atoms with van der Waals surface area (Å²) in [6, 6.07) is 8.86. The van der Waals surface area contributed by atoms with E-state index in [0.717, 1.165) is 17.6 Å². The molecule has 8 nitrogen and oxygen atoms in total. The predicted molar refractivity (Wildman–Crippen MR) is 116 cm³/mol. The summed E-state index contributed by atoms with van der Waals surface area (Å²) in [5, 5.41) is 10.5. The fourth-order valence-corrected chi connectivity index (χ4v) is 3.15. The van der Waals surface area contributed by atoms with Crippen LogP contribution in [0, 0.1) is 12.9 Å². The SMILES string of the molecule is CCn1cc2ncc(N[C@@H](C)c3cccc(NC(=O)c4cnc(F)c(C)c4)c3)nc2n1. The van der Waals surface area contributed by atoms with Crippen molar-refractivity contribution in [1.29, 1.82) is 0 Å². The van der Waals surface area contributed by atoms with E-state index in [9.17, 15) is 9.18 Å². The molecule has 3 heterocycles. The number of rotatable bonds is 6. The number of aromatic nitrogens is 5. The van der Waals surface area contributed by atoms with Gasteiger partial charge in [-0.3, -0.25) is 9.48 Å². The van der Waals surface area contributed by atoms with Crippen molar-refractivity contribution in [2.24, 2.45) is 0 Å². The van der Waals surface area contributed by atoms with Crippen LogP contribution >= 0.6 is 0 Å². The van der Waals surface area contributed by atoms with Crippen molar-refractivity contribution in [3.05, 3.63) is 71.6 Å². The maximum atomic E-state index is 13.4. The second-order valence-corrected chi connectivity index (χ2v) is 7.23. The van der Waals surface area contributed by atoms with Gasteiger partial charge in [0.1, 0.15) is 11.3 Å². The molecule has 0 aliphatic rings. The van der Waals surface area contributed by atoms with Crippen LogP contribution in [0.4, 0.5) is 15.9 Å². The zero-order valence-electron chi connectivity index (χ0n) is 17.4.